The molecule has 0 unspecified atom stereocenters. The predicted octanol–water partition coefficient (Wildman–Crippen LogP) is 8.54. The Bertz CT molecular complexity index is 1340. The molecule has 0 bridgehead atoms. The van der Waals surface area contributed by atoms with E-state index >= 15 is 0 Å². The van der Waals surface area contributed by atoms with Crippen LogP contribution >= 0.6 is 0 Å². The van der Waals surface area contributed by atoms with E-state index in [1.54, 1.807) is 0 Å². The van der Waals surface area contributed by atoms with Crippen LogP contribution in [-0.4, -0.2) is 37.9 Å². The molecule has 252 valence electrons. The van der Waals surface area contributed by atoms with Crippen molar-refractivity contribution in [1.29, 1.82) is 0 Å². The SMILES string of the molecule is CCCCCCCCCCc1cccc(C(=O)OC(=O)c2cccc(CCCCCCCCCC)c2S(=O)(=O)O)c1S(=O)(=O)O. The zero-order chi connectivity index (χ0) is 33.3. The van der Waals surface area contributed by atoms with E-state index in [9.17, 15) is 35.5 Å². The van der Waals surface area contributed by atoms with Crippen molar-refractivity contribution >= 4 is 32.2 Å². The molecule has 11 heteroatoms. The molecule has 2 aromatic rings. The van der Waals surface area contributed by atoms with Gasteiger partial charge in [-0.3, -0.25) is 9.11 Å². The summed E-state index contributed by atoms with van der Waals surface area (Å²) in [6, 6.07) is 8.10. The predicted molar refractivity (Wildman–Crippen MR) is 175 cm³/mol. The first kappa shape index (κ1) is 38.6. The third kappa shape index (κ3) is 13.3. The Hall–Kier alpha value is -2.60. The second kappa shape index (κ2) is 19.8. The van der Waals surface area contributed by atoms with Gasteiger partial charge in [0.25, 0.3) is 20.2 Å². The highest BCUT2D eigenvalue weighted by Gasteiger charge is 2.30. The molecule has 0 saturated carbocycles. The van der Waals surface area contributed by atoms with Gasteiger partial charge < -0.3 is 4.74 Å². The summed E-state index contributed by atoms with van der Waals surface area (Å²) >= 11 is 0. The number of ether oxygens (including phenoxy) is 1. The number of carbonyl (C=O) groups excluding carboxylic acids is 2. The van der Waals surface area contributed by atoms with Crippen molar-refractivity contribution < 1.29 is 40.3 Å². The topological polar surface area (TPSA) is 152 Å². The summed E-state index contributed by atoms with van der Waals surface area (Å²) in [7, 11) is -9.75. The minimum absolute atomic E-state index is 0.219. The van der Waals surface area contributed by atoms with Crippen LogP contribution in [0.15, 0.2) is 46.2 Å². The Morgan fingerprint density at radius 3 is 1.16 bits per heavy atom. The van der Waals surface area contributed by atoms with E-state index in [4.69, 9.17) is 4.74 Å². The van der Waals surface area contributed by atoms with Crippen LogP contribution in [0.25, 0.3) is 0 Å². The van der Waals surface area contributed by atoms with Crippen LogP contribution in [0.1, 0.15) is 148 Å². The van der Waals surface area contributed by atoms with Crippen LogP contribution in [0.5, 0.6) is 0 Å². The van der Waals surface area contributed by atoms with E-state index in [1.807, 2.05) is 0 Å². The van der Waals surface area contributed by atoms with Gasteiger partial charge in [-0.25, -0.2) is 9.59 Å². The molecule has 0 heterocycles. The number of hydrogen-bond acceptors (Lipinski definition) is 7. The first-order valence-corrected chi connectivity index (χ1v) is 19.2. The zero-order valence-electron chi connectivity index (χ0n) is 26.8. The van der Waals surface area contributed by atoms with Crippen LogP contribution in [0.2, 0.25) is 0 Å². The van der Waals surface area contributed by atoms with Crippen molar-refractivity contribution in [1.82, 2.24) is 0 Å². The lowest BCUT2D eigenvalue weighted by molar-refractivity contribution is 0.0391. The first-order valence-electron chi connectivity index (χ1n) is 16.4. The molecule has 9 nitrogen and oxygen atoms in total. The van der Waals surface area contributed by atoms with Crippen LogP contribution in [-0.2, 0) is 37.8 Å². The van der Waals surface area contributed by atoms with E-state index in [1.165, 1.54) is 49.9 Å². The number of rotatable bonds is 22. The van der Waals surface area contributed by atoms with Crippen molar-refractivity contribution in [3.63, 3.8) is 0 Å². The third-order valence-corrected chi connectivity index (χ3v) is 9.93. The molecular formula is C34H50O9S2. The van der Waals surface area contributed by atoms with Gasteiger partial charge in [-0.05, 0) is 48.9 Å². The number of carbonyl (C=O) groups is 2. The van der Waals surface area contributed by atoms with E-state index in [-0.39, 0.29) is 24.0 Å². The van der Waals surface area contributed by atoms with E-state index < -0.39 is 53.1 Å². The van der Waals surface area contributed by atoms with Crippen molar-refractivity contribution in [2.24, 2.45) is 0 Å². The highest BCUT2D eigenvalue weighted by Crippen LogP contribution is 2.27. The normalized spacial score (nSPS) is 11.9. The Labute approximate surface area is 269 Å². The van der Waals surface area contributed by atoms with Gasteiger partial charge in [-0.2, -0.15) is 16.8 Å². The fraction of sp³-hybridized carbons (Fsp3) is 0.588. The molecule has 0 atom stereocenters. The molecule has 0 amide bonds. The van der Waals surface area contributed by atoms with E-state index in [0.717, 1.165) is 76.3 Å². The third-order valence-electron chi connectivity index (χ3n) is 7.93. The van der Waals surface area contributed by atoms with Gasteiger partial charge in [0.15, 0.2) is 0 Å². The second-order valence-corrected chi connectivity index (χ2v) is 14.4. The summed E-state index contributed by atoms with van der Waals surface area (Å²) in [5, 5.41) is 0. The lowest BCUT2D eigenvalue weighted by Crippen LogP contribution is -2.20. The standard InChI is InChI=1S/C34H50O9S2/c1-3-5-7-9-11-13-15-17-21-27-23-19-25-29(31(27)44(37,38)39)33(35)43-34(36)30-26-20-24-28(32(30)45(40,41)42)22-18-16-14-12-10-8-6-4-2/h19-20,23-26H,3-18,21-22H2,1-2H3,(H,37,38,39)(H,40,41,42). The Kier molecular flexibility index (Phi) is 17.0. The number of esters is 2. The summed E-state index contributed by atoms with van der Waals surface area (Å²) in [6.45, 7) is 4.31. The van der Waals surface area contributed by atoms with Gasteiger partial charge >= 0.3 is 11.9 Å². The largest absolute Gasteiger partial charge is 0.386 e. The molecule has 0 aliphatic rings. The van der Waals surface area contributed by atoms with Crippen LogP contribution < -0.4 is 0 Å². The van der Waals surface area contributed by atoms with Crippen LogP contribution in [0.4, 0.5) is 0 Å². The maximum atomic E-state index is 13.1. The second-order valence-electron chi connectivity index (χ2n) is 11.7. The molecule has 45 heavy (non-hydrogen) atoms. The lowest BCUT2D eigenvalue weighted by Gasteiger charge is -2.14. The van der Waals surface area contributed by atoms with Gasteiger partial charge in [0.2, 0.25) is 0 Å². The minimum Gasteiger partial charge on any atom is -0.386 e. The molecule has 0 saturated heterocycles. The number of unbranched alkanes of at least 4 members (excludes halogenated alkanes) is 14. The summed E-state index contributed by atoms with van der Waals surface area (Å²) < 4.78 is 74.4. The van der Waals surface area contributed by atoms with Crippen LogP contribution in [0.3, 0.4) is 0 Å². The number of hydrogen-bond donors (Lipinski definition) is 2. The highest BCUT2D eigenvalue weighted by molar-refractivity contribution is 7.86. The lowest BCUT2D eigenvalue weighted by atomic mass is 10.0. The zero-order valence-corrected chi connectivity index (χ0v) is 28.4. The molecule has 0 aromatic heterocycles. The number of aryl methyl sites for hydroxylation is 2. The van der Waals surface area contributed by atoms with Gasteiger partial charge in [0.05, 0.1) is 11.1 Å². The van der Waals surface area contributed by atoms with Gasteiger partial charge in [0.1, 0.15) is 9.79 Å². The van der Waals surface area contributed by atoms with Crippen LogP contribution in [0, 0.1) is 0 Å². The average molecular weight is 667 g/mol. The van der Waals surface area contributed by atoms with Gasteiger partial charge in [0, 0.05) is 0 Å². The molecule has 0 aliphatic carbocycles. The van der Waals surface area contributed by atoms with E-state index in [0.29, 0.717) is 12.8 Å². The maximum Gasteiger partial charge on any atom is 0.347 e. The minimum atomic E-state index is -4.88. The Morgan fingerprint density at radius 2 is 0.844 bits per heavy atom. The molecule has 2 N–H and O–H groups in total. The summed E-state index contributed by atoms with van der Waals surface area (Å²) in [5.74, 6) is -2.72. The van der Waals surface area contributed by atoms with Gasteiger partial charge in [-0.15, -0.1) is 0 Å². The molecule has 0 aliphatic heterocycles. The molecule has 0 fully saturated rings. The molecule has 2 aromatic carbocycles. The molecule has 0 radical (unpaired) electrons. The van der Waals surface area contributed by atoms with Crippen molar-refractivity contribution in [2.75, 3.05) is 0 Å². The van der Waals surface area contributed by atoms with E-state index in [2.05, 4.69) is 13.8 Å². The highest BCUT2D eigenvalue weighted by atomic mass is 32.2. The summed E-state index contributed by atoms with van der Waals surface area (Å²) in [4.78, 5) is 24.9. The molecular weight excluding hydrogens is 616 g/mol. The molecule has 2 rings (SSSR count). The first-order chi connectivity index (χ1) is 21.4. The summed E-state index contributed by atoms with van der Waals surface area (Å²) in [5.41, 5.74) is -0.634. The fourth-order valence-corrected chi connectivity index (χ4v) is 7.45. The molecule has 0 spiro atoms. The Balaban J connectivity index is 2.17. The van der Waals surface area contributed by atoms with Crippen molar-refractivity contribution in [2.45, 2.75) is 139 Å². The van der Waals surface area contributed by atoms with Crippen molar-refractivity contribution in [3.05, 3.63) is 58.7 Å². The monoisotopic (exact) mass is 666 g/mol. The quantitative estimate of drug-likeness (QED) is 0.0545. The Morgan fingerprint density at radius 1 is 0.533 bits per heavy atom. The number of benzene rings is 2. The fourth-order valence-electron chi connectivity index (χ4n) is 5.59. The van der Waals surface area contributed by atoms with Crippen molar-refractivity contribution in [3.8, 4) is 0 Å². The average Bonchev–Trinajstić information content (AvgIpc) is 2.98. The smallest absolute Gasteiger partial charge is 0.347 e. The summed E-state index contributed by atoms with van der Waals surface area (Å²) in [6.07, 6.45) is 17.0. The maximum absolute atomic E-state index is 13.1. The van der Waals surface area contributed by atoms with Gasteiger partial charge in [-0.1, -0.05) is 128 Å².